The SMILES string of the molecule is CC(C)[C@H](NC(=O)c1cccc([N+](C)=O)c1)C(=O)NC(CC(=O)O)C(=O)CSCc1ccccc1. The largest absolute Gasteiger partial charge is 0.481 e. The van der Waals surface area contributed by atoms with Crippen LogP contribution in [0.25, 0.3) is 0 Å². The fourth-order valence-electron chi connectivity index (χ4n) is 3.23. The van der Waals surface area contributed by atoms with Crippen LogP contribution in [0.3, 0.4) is 0 Å². The number of carbonyl (C=O) groups excluding carboxylic acids is 3. The fraction of sp³-hybridized carbons (Fsp3) is 0.360. The molecule has 0 heterocycles. The molecule has 0 aliphatic carbocycles. The van der Waals surface area contributed by atoms with Gasteiger partial charge in [-0.05, 0) is 17.5 Å². The summed E-state index contributed by atoms with van der Waals surface area (Å²) in [5.74, 6) is -2.61. The molecule has 0 spiro atoms. The summed E-state index contributed by atoms with van der Waals surface area (Å²) in [5.41, 5.74) is 1.50. The Morgan fingerprint density at radius 1 is 1.00 bits per heavy atom. The van der Waals surface area contributed by atoms with Gasteiger partial charge in [0.25, 0.3) is 11.6 Å². The summed E-state index contributed by atoms with van der Waals surface area (Å²) in [6, 6.07) is 13.3. The number of benzene rings is 2. The third-order valence-electron chi connectivity index (χ3n) is 5.15. The number of amides is 2. The summed E-state index contributed by atoms with van der Waals surface area (Å²) < 4.78 is 0.612. The van der Waals surface area contributed by atoms with Gasteiger partial charge in [0.15, 0.2) is 12.8 Å². The second kappa shape index (κ2) is 13.4. The lowest BCUT2D eigenvalue weighted by Crippen LogP contribution is -2.54. The van der Waals surface area contributed by atoms with Gasteiger partial charge in [-0.3, -0.25) is 19.2 Å². The fourth-order valence-corrected chi connectivity index (χ4v) is 4.16. The highest BCUT2D eigenvalue weighted by Crippen LogP contribution is 2.15. The molecule has 0 saturated carbocycles. The van der Waals surface area contributed by atoms with Gasteiger partial charge in [-0.2, -0.15) is 0 Å². The van der Waals surface area contributed by atoms with Crippen molar-refractivity contribution in [1.29, 1.82) is 0 Å². The van der Waals surface area contributed by atoms with Crippen molar-refractivity contribution in [2.45, 2.75) is 38.1 Å². The maximum Gasteiger partial charge on any atom is 0.305 e. The number of nitrogens with one attached hydrogen (secondary N) is 2. The number of nitroso groups, excluding NO2 is 1. The summed E-state index contributed by atoms with van der Waals surface area (Å²) >= 11 is 1.33. The van der Waals surface area contributed by atoms with Crippen LogP contribution in [0.15, 0.2) is 54.6 Å². The molecule has 2 aromatic rings. The molecular weight excluding hydrogens is 470 g/mol. The second-order valence-electron chi connectivity index (χ2n) is 8.35. The van der Waals surface area contributed by atoms with E-state index in [1.165, 1.54) is 30.9 Å². The zero-order valence-corrected chi connectivity index (χ0v) is 20.7. The number of ketones is 1. The molecule has 0 aliphatic rings. The first-order chi connectivity index (χ1) is 16.6. The highest BCUT2D eigenvalue weighted by molar-refractivity contribution is 7.99. The predicted molar refractivity (Wildman–Crippen MR) is 134 cm³/mol. The first kappa shape index (κ1) is 27.7. The van der Waals surface area contributed by atoms with Crippen LogP contribution in [0.1, 0.15) is 36.2 Å². The van der Waals surface area contributed by atoms with Crippen molar-refractivity contribution in [2.24, 2.45) is 5.92 Å². The molecule has 2 aromatic carbocycles. The van der Waals surface area contributed by atoms with E-state index in [2.05, 4.69) is 10.6 Å². The molecule has 0 fully saturated rings. The number of rotatable bonds is 13. The summed E-state index contributed by atoms with van der Waals surface area (Å²) in [5, 5.41) is 14.4. The zero-order chi connectivity index (χ0) is 26.0. The van der Waals surface area contributed by atoms with Gasteiger partial charge >= 0.3 is 5.97 Å². The van der Waals surface area contributed by atoms with Crippen LogP contribution in [-0.2, 0) is 20.1 Å². The molecule has 0 bridgehead atoms. The van der Waals surface area contributed by atoms with Gasteiger partial charge in [0.2, 0.25) is 5.91 Å². The Hall–Kier alpha value is -3.53. The van der Waals surface area contributed by atoms with E-state index in [1.807, 2.05) is 30.3 Å². The van der Waals surface area contributed by atoms with Gasteiger partial charge in [-0.1, -0.05) is 50.2 Å². The van der Waals surface area contributed by atoms with Crippen LogP contribution in [0.5, 0.6) is 0 Å². The summed E-state index contributed by atoms with van der Waals surface area (Å²) in [4.78, 5) is 61.3. The molecule has 35 heavy (non-hydrogen) atoms. The van der Waals surface area contributed by atoms with Crippen LogP contribution in [-0.4, -0.2) is 58.3 Å². The van der Waals surface area contributed by atoms with Crippen molar-refractivity contribution < 1.29 is 29.0 Å². The number of nitrogens with zero attached hydrogens (tertiary/aromatic N) is 1. The number of hydrogen-bond donors (Lipinski definition) is 3. The zero-order valence-electron chi connectivity index (χ0n) is 19.9. The Balaban J connectivity index is 2.06. The Morgan fingerprint density at radius 2 is 1.69 bits per heavy atom. The van der Waals surface area contributed by atoms with E-state index in [-0.39, 0.29) is 22.9 Å². The molecule has 0 aromatic heterocycles. The summed E-state index contributed by atoms with van der Waals surface area (Å²) in [6.07, 6.45) is -0.562. The van der Waals surface area contributed by atoms with E-state index in [9.17, 15) is 29.2 Å². The topological polar surface area (TPSA) is 133 Å². The standard InChI is InChI=1S/C25H29N3O6S/c1-16(2)23(27-24(32)18-10-7-11-19(12-18)28(3)34)25(33)26-20(13-22(30)31)21(29)15-35-14-17-8-5-4-6-9-17/h4-12,16,20,23H,13-15H2,1-3H3,(H2-,26,27,30,31,32,33)/p+1/t20?,23-/m0/s1. The molecule has 3 N–H and O–H groups in total. The average Bonchev–Trinajstić information content (AvgIpc) is 2.82. The number of carboxylic acid groups (broad SMARTS) is 1. The molecule has 0 radical (unpaired) electrons. The molecular formula is C25H30N3O6S+. The Kier molecular flexibility index (Phi) is 10.6. The van der Waals surface area contributed by atoms with Crippen LogP contribution in [0.4, 0.5) is 5.69 Å². The number of hydrogen-bond acceptors (Lipinski definition) is 6. The highest BCUT2D eigenvalue weighted by atomic mass is 32.2. The van der Waals surface area contributed by atoms with Gasteiger partial charge in [-0.15, -0.1) is 11.8 Å². The summed E-state index contributed by atoms with van der Waals surface area (Å²) in [6.45, 7) is 3.44. The number of aliphatic carboxylic acids is 1. The van der Waals surface area contributed by atoms with E-state index >= 15 is 0 Å². The summed E-state index contributed by atoms with van der Waals surface area (Å²) in [7, 11) is 1.30. The molecule has 9 nitrogen and oxygen atoms in total. The van der Waals surface area contributed by atoms with Gasteiger partial charge in [-0.25, -0.2) is 0 Å². The minimum atomic E-state index is -1.22. The molecule has 2 atom stereocenters. The van der Waals surface area contributed by atoms with Crippen molar-refractivity contribution in [3.63, 3.8) is 0 Å². The lowest BCUT2D eigenvalue weighted by atomic mass is 10.0. The third kappa shape index (κ3) is 8.97. The molecule has 2 amide bonds. The van der Waals surface area contributed by atoms with Crippen LogP contribution >= 0.6 is 11.8 Å². The minimum absolute atomic E-state index is 0.0291. The first-order valence-electron chi connectivity index (χ1n) is 11.1. The van der Waals surface area contributed by atoms with Crippen LogP contribution in [0.2, 0.25) is 0 Å². The Morgan fingerprint density at radius 3 is 2.29 bits per heavy atom. The third-order valence-corrected chi connectivity index (χ3v) is 6.17. The van der Waals surface area contributed by atoms with E-state index in [4.69, 9.17) is 0 Å². The van der Waals surface area contributed by atoms with E-state index in [1.54, 1.807) is 26.0 Å². The second-order valence-corrected chi connectivity index (χ2v) is 9.33. The van der Waals surface area contributed by atoms with E-state index in [0.717, 1.165) is 5.56 Å². The van der Waals surface area contributed by atoms with Gasteiger partial charge in [0.1, 0.15) is 6.04 Å². The first-order valence-corrected chi connectivity index (χ1v) is 12.2. The quantitative estimate of drug-likeness (QED) is 0.360. The molecule has 186 valence electrons. The van der Waals surface area contributed by atoms with Gasteiger partial charge in [0, 0.05) is 33.1 Å². The van der Waals surface area contributed by atoms with Crippen molar-refractivity contribution in [2.75, 3.05) is 12.8 Å². The van der Waals surface area contributed by atoms with Gasteiger partial charge < -0.3 is 15.7 Å². The van der Waals surface area contributed by atoms with Crippen LogP contribution in [0, 0.1) is 10.8 Å². The van der Waals surface area contributed by atoms with Crippen molar-refractivity contribution >= 4 is 41.0 Å². The Bertz CT molecular complexity index is 1070. The molecule has 10 heteroatoms. The van der Waals surface area contributed by atoms with Gasteiger partial charge in [0.05, 0.1) is 18.2 Å². The molecule has 2 rings (SSSR count). The number of carboxylic acids is 1. The predicted octanol–water partition coefficient (Wildman–Crippen LogP) is 2.94. The van der Waals surface area contributed by atoms with Crippen molar-refractivity contribution in [1.82, 2.24) is 10.6 Å². The molecule has 0 saturated heterocycles. The number of Topliss-reactive ketones (excluding diaryl/α,β-unsaturated/α-hetero) is 1. The lowest BCUT2D eigenvalue weighted by Gasteiger charge is -2.24. The smallest absolute Gasteiger partial charge is 0.305 e. The van der Waals surface area contributed by atoms with Crippen molar-refractivity contribution in [3.8, 4) is 0 Å². The molecule has 1 unspecified atom stereocenters. The maximum atomic E-state index is 13.0. The average molecular weight is 501 g/mol. The van der Waals surface area contributed by atoms with E-state index < -0.39 is 42.1 Å². The minimum Gasteiger partial charge on any atom is -0.481 e. The Labute approximate surface area is 208 Å². The number of carbonyl (C=O) groups is 4. The normalized spacial score (nSPS) is 12.5. The lowest BCUT2D eigenvalue weighted by molar-refractivity contribution is -0.428. The van der Waals surface area contributed by atoms with E-state index in [0.29, 0.717) is 10.5 Å². The maximum absolute atomic E-state index is 13.0. The molecule has 0 aliphatic heterocycles. The van der Waals surface area contributed by atoms with Crippen LogP contribution < -0.4 is 10.6 Å². The van der Waals surface area contributed by atoms with Crippen molar-refractivity contribution in [3.05, 3.63) is 70.6 Å². The highest BCUT2D eigenvalue weighted by Gasteiger charge is 2.30. The monoisotopic (exact) mass is 500 g/mol. The number of thioether (sulfide) groups is 1.